The quantitative estimate of drug-likeness (QED) is 0.673. The Kier molecular flexibility index (Phi) is 2.93. The molecule has 0 radical (unpaired) electrons. The molecule has 0 fully saturated rings. The summed E-state index contributed by atoms with van der Waals surface area (Å²) in [7, 11) is 0. The van der Waals surface area contributed by atoms with Gasteiger partial charge in [0.1, 0.15) is 11.4 Å². The first-order valence-electron chi connectivity index (χ1n) is 5.12. The second kappa shape index (κ2) is 4.54. The third-order valence-corrected chi connectivity index (χ3v) is 2.30. The molecule has 0 spiro atoms. The fraction of sp³-hybridized carbons (Fsp3) is 0. The topological polar surface area (TPSA) is 33.1 Å². The van der Waals surface area contributed by atoms with Crippen LogP contribution in [0.5, 0.6) is 5.75 Å². The summed E-state index contributed by atoms with van der Waals surface area (Å²) in [5.41, 5.74) is 1.20. The largest absolute Gasteiger partial charge is 0.507 e. The van der Waals surface area contributed by atoms with Crippen LogP contribution in [0.4, 0.5) is 0 Å². The number of phenols is 1. The fourth-order valence-electron chi connectivity index (χ4n) is 1.31. The van der Waals surface area contributed by atoms with E-state index in [4.69, 9.17) is 0 Å². The maximum absolute atomic E-state index is 9.54. The lowest BCUT2D eigenvalue weighted by atomic mass is 10.2. The number of hydrogen-bond donors (Lipinski definition) is 1. The molecule has 0 aliphatic rings. The molecule has 0 saturated carbocycles. The molecule has 0 atom stereocenters. The minimum absolute atomic E-state index is 0.170. The van der Waals surface area contributed by atoms with Crippen LogP contribution in [0.25, 0.3) is 13.2 Å². The van der Waals surface area contributed by atoms with Gasteiger partial charge in [0, 0.05) is 0 Å². The SMILES string of the molecule is C=c1ccc(C#Cc2ccccc2O)nc1=C. The highest BCUT2D eigenvalue weighted by atomic mass is 16.3. The zero-order valence-electron chi connectivity index (χ0n) is 9.27. The van der Waals surface area contributed by atoms with Gasteiger partial charge in [-0.3, -0.25) is 0 Å². The Labute approximate surface area is 99.6 Å². The molecule has 2 nitrogen and oxygen atoms in total. The van der Waals surface area contributed by atoms with Gasteiger partial charge < -0.3 is 5.11 Å². The van der Waals surface area contributed by atoms with E-state index in [1.807, 2.05) is 12.1 Å². The van der Waals surface area contributed by atoms with Gasteiger partial charge in [0.2, 0.25) is 0 Å². The highest BCUT2D eigenvalue weighted by Gasteiger charge is 1.94. The molecule has 0 saturated heterocycles. The first kappa shape index (κ1) is 11.0. The first-order valence-corrected chi connectivity index (χ1v) is 5.12. The van der Waals surface area contributed by atoms with Crippen LogP contribution in [0.2, 0.25) is 0 Å². The molecular weight excluding hydrogens is 210 g/mol. The average molecular weight is 221 g/mol. The molecule has 1 N–H and O–H groups in total. The van der Waals surface area contributed by atoms with E-state index < -0.39 is 0 Å². The van der Waals surface area contributed by atoms with E-state index in [0.717, 1.165) is 5.22 Å². The lowest BCUT2D eigenvalue weighted by Crippen LogP contribution is -2.25. The van der Waals surface area contributed by atoms with Gasteiger partial charge in [-0.1, -0.05) is 37.3 Å². The lowest BCUT2D eigenvalue weighted by molar-refractivity contribution is 0.473. The molecular formula is C15H11NO. The van der Waals surface area contributed by atoms with Gasteiger partial charge in [-0.05, 0) is 29.3 Å². The molecule has 1 heterocycles. The third-order valence-electron chi connectivity index (χ3n) is 2.30. The standard InChI is InChI=1S/C15H11NO/c1-11-7-9-14(16-12(11)2)10-8-13-5-3-4-6-15(13)17/h3-7,9,17H,1-2H2. The van der Waals surface area contributed by atoms with Crippen LogP contribution < -0.4 is 10.6 Å². The molecule has 0 unspecified atom stereocenters. The molecule has 1 aromatic heterocycles. The van der Waals surface area contributed by atoms with Gasteiger partial charge in [-0.15, -0.1) is 0 Å². The second-order valence-electron chi connectivity index (χ2n) is 3.57. The van der Waals surface area contributed by atoms with Crippen molar-refractivity contribution in [2.75, 3.05) is 0 Å². The molecule has 2 heteroatoms. The van der Waals surface area contributed by atoms with Crippen LogP contribution >= 0.6 is 0 Å². The summed E-state index contributed by atoms with van der Waals surface area (Å²) in [6.45, 7) is 7.54. The number of benzene rings is 1. The Morgan fingerprint density at radius 1 is 1.00 bits per heavy atom. The molecule has 0 aliphatic heterocycles. The van der Waals surface area contributed by atoms with E-state index in [-0.39, 0.29) is 5.75 Å². The van der Waals surface area contributed by atoms with E-state index >= 15 is 0 Å². The van der Waals surface area contributed by atoms with Crippen LogP contribution in [0.1, 0.15) is 11.3 Å². The first-order chi connectivity index (χ1) is 8.16. The predicted octanol–water partition coefficient (Wildman–Crippen LogP) is 1.01. The van der Waals surface area contributed by atoms with Crippen molar-refractivity contribution in [3.8, 4) is 17.6 Å². The highest BCUT2D eigenvalue weighted by Crippen LogP contribution is 2.13. The Bertz CT molecular complexity index is 708. The number of phenolic OH excluding ortho intramolecular Hbond substituents is 1. The van der Waals surface area contributed by atoms with Crippen LogP contribution in [-0.2, 0) is 0 Å². The Morgan fingerprint density at radius 3 is 2.47 bits per heavy atom. The van der Waals surface area contributed by atoms with Gasteiger partial charge in [0.15, 0.2) is 0 Å². The van der Waals surface area contributed by atoms with E-state index in [0.29, 0.717) is 16.6 Å². The van der Waals surface area contributed by atoms with Crippen molar-refractivity contribution in [1.82, 2.24) is 4.98 Å². The van der Waals surface area contributed by atoms with E-state index in [1.54, 1.807) is 24.3 Å². The number of aromatic nitrogens is 1. The van der Waals surface area contributed by atoms with E-state index in [9.17, 15) is 5.11 Å². The van der Waals surface area contributed by atoms with Crippen molar-refractivity contribution < 1.29 is 5.11 Å². The van der Waals surface area contributed by atoms with Crippen molar-refractivity contribution in [1.29, 1.82) is 0 Å². The Morgan fingerprint density at radius 2 is 1.76 bits per heavy atom. The summed E-state index contributed by atoms with van der Waals surface area (Å²) in [4.78, 5) is 4.19. The van der Waals surface area contributed by atoms with Crippen LogP contribution in [0, 0.1) is 11.8 Å². The molecule has 2 aromatic rings. The number of nitrogens with zero attached hydrogens (tertiary/aromatic N) is 1. The van der Waals surface area contributed by atoms with Crippen molar-refractivity contribution in [2.45, 2.75) is 0 Å². The van der Waals surface area contributed by atoms with Gasteiger partial charge in [0.25, 0.3) is 0 Å². The number of para-hydroxylation sites is 1. The van der Waals surface area contributed by atoms with Crippen LogP contribution in [0.3, 0.4) is 0 Å². The summed E-state index contributed by atoms with van der Waals surface area (Å²) in [6, 6.07) is 10.5. The minimum Gasteiger partial charge on any atom is -0.507 e. The summed E-state index contributed by atoms with van der Waals surface area (Å²) >= 11 is 0. The summed E-state index contributed by atoms with van der Waals surface area (Å²) in [5.74, 6) is 5.92. The van der Waals surface area contributed by atoms with E-state index in [2.05, 4.69) is 30.0 Å². The van der Waals surface area contributed by atoms with Gasteiger partial charge in [0.05, 0.1) is 10.9 Å². The fourth-order valence-corrected chi connectivity index (χ4v) is 1.31. The number of aromatic hydroxyl groups is 1. The summed E-state index contributed by atoms with van der Waals surface area (Å²) in [6.07, 6.45) is 0. The smallest absolute Gasteiger partial charge is 0.131 e. The molecule has 17 heavy (non-hydrogen) atoms. The number of hydrogen-bond acceptors (Lipinski definition) is 2. The van der Waals surface area contributed by atoms with Gasteiger partial charge >= 0.3 is 0 Å². The minimum atomic E-state index is 0.170. The van der Waals surface area contributed by atoms with Crippen molar-refractivity contribution in [2.24, 2.45) is 0 Å². The monoisotopic (exact) mass is 221 g/mol. The Hall–Kier alpha value is -2.53. The number of rotatable bonds is 0. The third kappa shape index (κ3) is 2.53. The molecule has 1 aromatic carbocycles. The normalized spacial score (nSPS) is 9.41. The summed E-state index contributed by atoms with van der Waals surface area (Å²) in [5, 5.41) is 11.0. The predicted molar refractivity (Wildman–Crippen MR) is 68.6 cm³/mol. The van der Waals surface area contributed by atoms with Crippen molar-refractivity contribution in [3.05, 3.63) is 58.2 Å². The van der Waals surface area contributed by atoms with Gasteiger partial charge in [-0.2, -0.15) is 0 Å². The maximum Gasteiger partial charge on any atom is 0.131 e. The molecule has 0 amide bonds. The maximum atomic E-state index is 9.54. The van der Waals surface area contributed by atoms with Crippen molar-refractivity contribution >= 4 is 13.2 Å². The van der Waals surface area contributed by atoms with Crippen molar-refractivity contribution in [3.63, 3.8) is 0 Å². The average Bonchev–Trinajstić information content (AvgIpc) is 2.32. The summed E-state index contributed by atoms with van der Waals surface area (Å²) < 4.78 is 0. The molecule has 0 aliphatic carbocycles. The molecule has 2 rings (SSSR count). The molecule has 0 bridgehead atoms. The van der Waals surface area contributed by atoms with Gasteiger partial charge in [-0.25, -0.2) is 4.98 Å². The van der Waals surface area contributed by atoms with Crippen LogP contribution in [0.15, 0.2) is 36.4 Å². The zero-order chi connectivity index (χ0) is 12.3. The zero-order valence-corrected chi connectivity index (χ0v) is 9.27. The van der Waals surface area contributed by atoms with E-state index in [1.165, 1.54) is 0 Å². The Balaban J connectivity index is 2.40. The second-order valence-corrected chi connectivity index (χ2v) is 3.57. The number of pyridine rings is 1. The highest BCUT2D eigenvalue weighted by molar-refractivity contribution is 5.47. The van der Waals surface area contributed by atoms with Crippen LogP contribution in [-0.4, -0.2) is 10.1 Å². The molecule has 82 valence electrons. The lowest BCUT2D eigenvalue weighted by Gasteiger charge is -1.94.